The summed E-state index contributed by atoms with van der Waals surface area (Å²) < 4.78 is 55.1. The van der Waals surface area contributed by atoms with Crippen molar-refractivity contribution >= 4 is 27.4 Å². The summed E-state index contributed by atoms with van der Waals surface area (Å²) in [6, 6.07) is 8.91. The lowest BCUT2D eigenvalue weighted by Gasteiger charge is -2.36. The van der Waals surface area contributed by atoms with Crippen molar-refractivity contribution in [2.24, 2.45) is 5.92 Å². The molecule has 0 heterocycles. The first-order valence-electron chi connectivity index (χ1n) is 9.34. The van der Waals surface area contributed by atoms with Crippen LogP contribution in [0, 0.1) is 17.6 Å². The minimum Gasteiger partial charge on any atom is -0.481 e. The van der Waals surface area contributed by atoms with Crippen molar-refractivity contribution in [1.29, 1.82) is 0 Å². The van der Waals surface area contributed by atoms with E-state index in [-0.39, 0.29) is 34.2 Å². The number of aliphatic carboxylic acids is 1. The molecule has 0 bridgehead atoms. The molecule has 0 aliphatic heterocycles. The van der Waals surface area contributed by atoms with Gasteiger partial charge in [0.05, 0.1) is 10.1 Å². The molecule has 3 atom stereocenters. The van der Waals surface area contributed by atoms with E-state index in [4.69, 9.17) is 16.7 Å². The highest BCUT2D eigenvalue weighted by Crippen LogP contribution is 2.44. The Morgan fingerprint density at radius 3 is 2.59 bits per heavy atom. The van der Waals surface area contributed by atoms with Crippen LogP contribution in [0.2, 0.25) is 5.02 Å². The number of hydrogen-bond acceptors (Lipinski definition) is 3. The maximum absolute atomic E-state index is 14.5. The molecule has 29 heavy (non-hydrogen) atoms. The average Bonchev–Trinajstić information content (AvgIpc) is 2.68. The van der Waals surface area contributed by atoms with Crippen LogP contribution in [0.1, 0.15) is 43.6 Å². The Hall–Kier alpha value is -1.99. The zero-order valence-corrected chi connectivity index (χ0v) is 17.1. The third kappa shape index (κ3) is 4.95. The number of carboxylic acids is 1. The highest BCUT2D eigenvalue weighted by atomic mass is 35.5. The Morgan fingerprint density at radius 1 is 1.14 bits per heavy atom. The number of carbonyl (C=O) groups is 1. The van der Waals surface area contributed by atoms with Crippen LogP contribution in [0.25, 0.3) is 0 Å². The number of hydrogen-bond donors (Lipinski definition) is 1. The number of benzene rings is 2. The summed E-state index contributed by atoms with van der Waals surface area (Å²) in [7, 11) is -3.90. The van der Waals surface area contributed by atoms with Crippen molar-refractivity contribution in [3.63, 3.8) is 0 Å². The maximum atomic E-state index is 14.5. The van der Waals surface area contributed by atoms with Crippen LogP contribution in [0.4, 0.5) is 8.78 Å². The van der Waals surface area contributed by atoms with E-state index in [1.165, 1.54) is 18.2 Å². The first-order chi connectivity index (χ1) is 13.7. The molecule has 0 spiro atoms. The van der Waals surface area contributed by atoms with Crippen LogP contribution < -0.4 is 0 Å². The topological polar surface area (TPSA) is 71.4 Å². The molecule has 4 nitrogen and oxygen atoms in total. The molecule has 1 N–H and O–H groups in total. The highest BCUT2D eigenvalue weighted by molar-refractivity contribution is 7.92. The first-order valence-corrected chi connectivity index (χ1v) is 11.3. The monoisotopic (exact) mass is 442 g/mol. The van der Waals surface area contributed by atoms with Crippen molar-refractivity contribution in [2.45, 2.75) is 48.2 Å². The zero-order valence-electron chi connectivity index (χ0n) is 15.5. The molecule has 1 aliphatic carbocycles. The van der Waals surface area contributed by atoms with Gasteiger partial charge in [-0.05, 0) is 73.6 Å². The van der Waals surface area contributed by atoms with Crippen LogP contribution in [-0.2, 0) is 14.6 Å². The average molecular weight is 443 g/mol. The molecule has 0 amide bonds. The molecular weight excluding hydrogens is 422 g/mol. The Bertz CT molecular complexity index is 1010. The van der Waals surface area contributed by atoms with E-state index < -0.39 is 38.6 Å². The number of sulfone groups is 1. The maximum Gasteiger partial charge on any atom is 0.303 e. The van der Waals surface area contributed by atoms with E-state index >= 15 is 0 Å². The van der Waals surface area contributed by atoms with E-state index in [0.29, 0.717) is 19.3 Å². The summed E-state index contributed by atoms with van der Waals surface area (Å²) in [6.45, 7) is 0. The lowest BCUT2D eigenvalue weighted by Crippen LogP contribution is -2.35. The number of rotatable bonds is 6. The van der Waals surface area contributed by atoms with Crippen LogP contribution in [-0.4, -0.2) is 24.7 Å². The van der Waals surface area contributed by atoms with Crippen LogP contribution in [0.3, 0.4) is 0 Å². The van der Waals surface area contributed by atoms with E-state index in [2.05, 4.69) is 0 Å². The van der Waals surface area contributed by atoms with Gasteiger partial charge in [0, 0.05) is 17.4 Å². The molecule has 1 unspecified atom stereocenters. The Kier molecular flexibility index (Phi) is 6.58. The fourth-order valence-electron chi connectivity index (χ4n) is 4.12. The van der Waals surface area contributed by atoms with Crippen molar-refractivity contribution in [3.8, 4) is 0 Å². The summed E-state index contributed by atoms with van der Waals surface area (Å²) in [5, 5.41) is 8.22. The standard InChI is InChI=1S/C21H21ClF2O4S/c22-14-2-1-3-16(11-14)29(27,28)20-10-13(5-9-21(25)26)4-7-17(20)18-12-15(23)6-8-19(18)24/h1-3,6,8,11-13,17,20H,4-5,7,9-10H2,(H,25,26)/t13?,17-,20-/m0/s1. The lowest BCUT2D eigenvalue weighted by molar-refractivity contribution is -0.137. The molecule has 2 aromatic carbocycles. The zero-order chi connectivity index (χ0) is 21.2. The third-order valence-electron chi connectivity index (χ3n) is 5.55. The van der Waals surface area contributed by atoms with Gasteiger partial charge in [0.1, 0.15) is 11.6 Å². The Morgan fingerprint density at radius 2 is 1.90 bits per heavy atom. The molecule has 0 aromatic heterocycles. The largest absolute Gasteiger partial charge is 0.481 e. The summed E-state index contributed by atoms with van der Waals surface area (Å²) in [6.07, 6.45) is 1.34. The van der Waals surface area contributed by atoms with Crippen molar-refractivity contribution < 1.29 is 27.1 Å². The number of carboxylic acid groups (broad SMARTS) is 1. The molecule has 1 fully saturated rings. The van der Waals surface area contributed by atoms with Gasteiger partial charge in [0.25, 0.3) is 0 Å². The minimum atomic E-state index is -3.90. The van der Waals surface area contributed by atoms with Crippen molar-refractivity contribution in [1.82, 2.24) is 0 Å². The molecule has 1 saturated carbocycles. The predicted molar refractivity (Wildman–Crippen MR) is 106 cm³/mol. The molecule has 0 radical (unpaired) electrons. The third-order valence-corrected chi connectivity index (χ3v) is 8.01. The summed E-state index contributed by atoms with van der Waals surface area (Å²) in [5.74, 6) is -3.08. The van der Waals surface area contributed by atoms with Gasteiger partial charge in [-0.1, -0.05) is 17.7 Å². The van der Waals surface area contributed by atoms with E-state index in [1.807, 2.05) is 0 Å². The summed E-state index contributed by atoms with van der Waals surface area (Å²) in [4.78, 5) is 10.9. The van der Waals surface area contributed by atoms with Crippen LogP contribution >= 0.6 is 11.6 Å². The second-order valence-corrected chi connectivity index (χ2v) is 10.0. The minimum absolute atomic E-state index is 0.0238. The van der Waals surface area contributed by atoms with E-state index in [1.54, 1.807) is 6.07 Å². The van der Waals surface area contributed by atoms with Gasteiger partial charge in [0.15, 0.2) is 9.84 Å². The molecule has 1 aliphatic rings. The summed E-state index contributed by atoms with van der Waals surface area (Å²) >= 11 is 5.96. The van der Waals surface area contributed by atoms with Gasteiger partial charge in [-0.2, -0.15) is 0 Å². The van der Waals surface area contributed by atoms with Gasteiger partial charge in [0.2, 0.25) is 0 Å². The SMILES string of the molecule is O=C(O)CCC1CC[C@@H](c2cc(F)ccc2F)[C@@H](S(=O)(=O)c2cccc(Cl)c2)C1. The summed E-state index contributed by atoms with van der Waals surface area (Å²) in [5.41, 5.74) is 0.0392. The van der Waals surface area contributed by atoms with Crippen LogP contribution in [0.5, 0.6) is 0 Å². The normalized spacial score (nSPS) is 22.4. The Labute approximate surface area is 173 Å². The van der Waals surface area contributed by atoms with Gasteiger partial charge >= 0.3 is 5.97 Å². The number of halogens is 3. The smallest absolute Gasteiger partial charge is 0.303 e. The second kappa shape index (κ2) is 8.79. The highest BCUT2D eigenvalue weighted by Gasteiger charge is 2.41. The van der Waals surface area contributed by atoms with E-state index in [9.17, 15) is 22.0 Å². The van der Waals surface area contributed by atoms with Crippen molar-refractivity contribution in [3.05, 3.63) is 64.7 Å². The molecular formula is C21H21ClF2O4S. The van der Waals surface area contributed by atoms with Gasteiger partial charge < -0.3 is 5.11 Å². The molecule has 8 heteroatoms. The predicted octanol–water partition coefficient (Wildman–Crippen LogP) is 5.21. The lowest BCUT2D eigenvalue weighted by atomic mass is 9.76. The molecule has 2 aromatic rings. The van der Waals surface area contributed by atoms with Gasteiger partial charge in [-0.25, -0.2) is 17.2 Å². The van der Waals surface area contributed by atoms with E-state index in [0.717, 1.165) is 18.2 Å². The molecule has 0 saturated heterocycles. The fraction of sp³-hybridized carbons (Fsp3) is 0.381. The second-order valence-electron chi connectivity index (χ2n) is 7.42. The molecule has 156 valence electrons. The van der Waals surface area contributed by atoms with Crippen molar-refractivity contribution in [2.75, 3.05) is 0 Å². The first kappa shape index (κ1) is 21.7. The van der Waals surface area contributed by atoms with Crippen LogP contribution in [0.15, 0.2) is 47.4 Å². The quantitative estimate of drug-likeness (QED) is 0.666. The fourth-order valence-corrected chi connectivity index (χ4v) is 6.52. The van der Waals surface area contributed by atoms with Gasteiger partial charge in [-0.15, -0.1) is 0 Å². The van der Waals surface area contributed by atoms with Gasteiger partial charge in [-0.3, -0.25) is 4.79 Å². The Balaban J connectivity index is 2.01. The molecule has 3 rings (SSSR count).